The van der Waals surface area contributed by atoms with Gasteiger partial charge in [0.2, 0.25) is 12.7 Å². The van der Waals surface area contributed by atoms with Gasteiger partial charge in [-0.05, 0) is 67.3 Å². The smallest absolute Gasteiger partial charge is 0.236 e. The molecule has 1 aliphatic carbocycles. The second kappa shape index (κ2) is 8.03. The molecule has 0 bridgehead atoms. The molecule has 2 aliphatic rings. The molecule has 33 heavy (non-hydrogen) atoms. The number of amides is 1. The number of fused-ring (bicyclic) bond motifs is 1. The van der Waals surface area contributed by atoms with Gasteiger partial charge in [-0.3, -0.25) is 13.9 Å². The number of anilines is 1. The molecule has 2 heterocycles. The average Bonchev–Trinajstić information content (AvgIpc) is 3.50. The first-order valence-electron chi connectivity index (χ1n) is 10.6. The largest absolute Gasteiger partial charge is 0.454 e. The van der Waals surface area contributed by atoms with Gasteiger partial charge in [0.05, 0.1) is 10.3 Å². The van der Waals surface area contributed by atoms with Crippen LogP contribution in [-0.2, 0) is 10.2 Å². The summed E-state index contributed by atoms with van der Waals surface area (Å²) in [6.45, 7) is 2.08. The summed E-state index contributed by atoms with van der Waals surface area (Å²) in [6, 6.07) is 16.4. The molecule has 2 aromatic carbocycles. The Labute approximate surface area is 193 Å². The minimum absolute atomic E-state index is 0.0809. The summed E-state index contributed by atoms with van der Waals surface area (Å²) in [5.41, 5.74) is 2.91. The summed E-state index contributed by atoms with van der Waals surface area (Å²) < 4.78 is 33.3. The molecular formula is C24H25N3O5S. The first-order chi connectivity index (χ1) is 15.8. The lowest BCUT2D eigenvalue weighted by Gasteiger charge is -2.31. The fourth-order valence-electron chi connectivity index (χ4n) is 4.08. The van der Waals surface area contributed by atoms with Crippen molar-refractivity contribution in [2.24, 2.45) is 0 Å². The van der Waals surface area contributed by atoms with Gasteiger partial charge in [0.15, 0.2) is 11.5 Å². The predicted molar refractivity (Wildman–Crippen MR) is 127 cm³/mol. The van der Waals surface area contributed by atoms with Crippen molar-refractivity contribution in [2.45, 2.75) is 30.1 Å². The Morgan fingerprint density at radius 2 is 1.76 bits per heavy atom. The van der Waals surface area contributed by atoms with Crippen molar-refractivity contribution in [3.05, 3.63) is 65.9 Å². The van der Waals surface area contributed by atoms with E-state index in [1.165, 1.54) is 7.05 Å². The van der Waals surface area contributed by atoms with Gasteiger partial charge < -0.3 is 14.8 Å². The molecule has 172 valence electrons. The number of ether oxygens (including phenoxy) is 2. The number of carbonyl (C=O) groups excluding carboxylic acids is 1. The lowest BCUT2D eigenvalue weighted by molar-refractivity contribution is -0.118. The van der Waals surface area contributed by atoms with Crippen molar-refractivity contribution < 1.29 is 23.4 Å². The van der Waals surface area contributed by atoms with Crippen LogP contribution in [0.2, 0.25) is 0 Å². The van der Waals surface area contributed by atoms with E-state index in [-0.39, 0.29) is 12.7 Å². The zero-order valence-corrected chi connectivity index (χ0v) is 19.1. The molecule has 0 spiro atoms. The Hall–Kier alpha value is -3.11. The molecule has 0 unspecified atom stereocenters. The number of nitrogens with zero attached hydrogens (tertiary/aromatic N) is 1. The van der Waals surface area contributed by atoms with Crippen molar-refractivity contribution in [3.8, 4) is 22.6 Å². The lowest BCUT2D eigenvalue weighted by Crippen LogP contribution is -2.28. The molecule has 9 heteroatoms. The van der Waals surface area contributed by atoms with Gasteiger partial charge in [0.1, 0.15) is 5.82 Å². The third-order valence-electron chi connectivity index (χ3n) is 6.22. The Kier molecular flexibility index (Phi) is 5.29. The van der Waals surface area contributed by atoms with E-state index in [2.05, 4.69) is 15.0 Å². The Bertz CT molecular complexity index is 1230. The minimum atomic E-state index is -2.99. The maximum Gasteiger partial charge on any atom is 0.236 e. The van der Waals surface area contributed by atoms with Gasteiger partial charge in [0.25, 0.3) is 0 Å². The number of aryl methyl sites for hydroxylation is 1. The molecule has 1 saturated carbocycles. The minimum Gasteiger partial charge on any atom is -0.454 e. The van der Waals surface area contributed by atoms with Crippen LogP contribution >= 0.6 is 10.8 Å². The van der Waals surface area contributed by atoms with Crippen LogP contribution in [0.25, 0.3) is 11.1 Å². The van der Waals surface area contributed by atoms with Crippen molar-refractivity contribution in [2.75, 3.05) is 19.2 Å². The number of carbonyl (C=O) groups is 1. The van der Waals surface area contributed by atoms with Crippen LogP contribution in [0.3, 0.4) is 0 Å². The van der Waals surface area contributed by atoms with Crippen LogP contribution in [-0.4, -0.2) is 33.8 Å². The molecule has 1 aromatic heterocycles. The van der Waals surface area contributed by atoms with E-state index in [1.807, 2.05) is 43.3 Å². The molecule has 1 fully saturated rings. The second-order valence-corrected chi connectivity index (χ2v) is 10.2. The molecule has 0 saturated heterocycles. The van der Waals surface area contributed by atoms with Crippen molar-refractivity contribution in [1.82, 2.24) is 9.71 Å². The lowest BCUT2D eigenvalue weighted by atomic mass is 9.94. The van der Waals surface area contributed by atoms with E-state index in [4.69, 9.17) is 9.47 Å². The highest BCUT2D eigenvalue weighted by atomic mass is 32.3. The standard InChI is InChI=1S/C24H25N3O5S/c1-15-19(16-3-6-18(7-4-16)33(29,30)25-2)8-10-22(26-15)27-23(28)24(11-12-24)17-5-9-20-21(13-17)32-14-31-20/h3-10,13,25,29-30H,11-12,14H2,1-2H3,(H,26,27,28). The Morgan fingerprint density at radius 3 is 2.42 bits per heavy atom. The highest BCUT2D eigenvalue weighted by molar-refractivity contribution is 8.22. The zero-order chi connectivity index (χ0) is 23.2. The Balaban J connectivity index is 1.33. The molecule has 5 rings (SSSR count). The highest BCUT2D eigenvalue weighted by Crippen LogP contribution is 2.51. The van der Waals surface area contributed by atoms with E-state index in [0.717, 1.165) is 35.2 Å². The molecule has 1 aliphatic heterocycles. The van der Waals surface area contributed by atoms with Gasteiger partial charge >= 0.3 is 0 Å². The average molecular weight is 468 g/mol. The summed E-state index contributed by atoms with van der Waals surface area (Å²) in [5, 5.41) is 2.97. The quantitative estimate of drug-likeness (QED) is 0.416. The molecule has 0 atom stereocenters. The van der Waals surface area contributed by atoms with Crippen molar-refractivity contribution in [3.63, 3.8) is 0 Å². The maximum absolute atomic E-state index is 13.1. The molecule has 1 amide bonds. The van der Waals surface area contributed by atoms with Gasteiger partial charge in [-0.1, -0.05) is 18.2 Å². The number of nitrogens with one attached hydrogen (secondary N) is 2. The monoisotopic (exact) mass is 467 g/mol. The maximum atomic E-state index is 13.1. The fourth-order valence-corrected chi connectivity index (χ4v) is 4.83. The van der Waals surface area contributed by atoms with E-state index in [0.29, 0.717) is 22.2 Å². The second-order valence-electron chi connectivity index (χ2n) is 8.21. The number of hydrogen-bond donors (Lipinski definition) is 4. The van der Waals surface area contributed by atoms with E-state index >= 15 is 0 Å². The van der Waals surface area contributed by atoms with Crippen LogP contribution < -0.4 is 19.5 Å². The van der Waals surface area contributed by atoms with Gasteiger partial charge in [-0.2, -0.15) is 0 Å². The zero-order valence-electron chi connectivity index (χ0n) is 18.3. The third kappa shape index (κ3) is 3.93. The van der Waals surface area contributed by atoms with Crippen LogP contribution in [0, 0.1) is 6.92 Å². The number of pyridine rings is 1. The van der Waals surface area contributed by atoms with Crippen LogP contribution in [0.4, 0.5) is 5.82 Å². The van der Waals surface area contributed by atoms with Gasteiger partial charge in [-0.15, -0.1) is 10.8 Å². The SMILES string of the molecule is CNS(O)(O)c1ccc(-c2ccc(NC(=O)C3(c4ccc5c(c4)OCO5)CC3)nc2C)cc1. The predicted octanol–water partition coefficient (Wildman–Crippen LogP) is 4.70. The van der Waals surface area contributed by atoms with E-state index in [9.17, 15) is 13.9 Å². The Morgan fingerprint density at radius 1 is 1.03 bits per heavy atom. The fraction of sp³-hybridized carbons (Fsp3) is 0.250. The van der Waals surface area contributed by atoms with Gasteiger partial charge in [0, 0.05) is 18.3 Å². The number of rotatable bonds is 6. The first kappa shape index (κ1) is 21.7. The molecular weight excluding hydrogens is 442 g/mol. The topological polar surface area (TPSA) is 113 Å². The van der Waals surface area contributed by atoms with Crippen LogP contribution in [0.1, 0.15) is 24.1 Å². The first-order valence-corrected chi connectivity index (χ1v) is 12.1. The van der Waals surface area contributed by atoms with E-state index < -0.39 is 16.2 Å². The number of hydrogen-bond acceptors (Lipinski definition) is 7. The summed E-state index contributed by atoms with van der Waals surface area (Å²) in [5.74, 6) is 1.79. The molecule has 3 aromatic rings. The van der Waals surface area contributed by atoms with Gasteiger partial charge in [-0.25, -0.2) is 9.71 Å². The molecule has 4 N–H and O–H groups in total. The van der Waals surface area contributed by atoms with Crippen LogP contribution in [0.15, 0.2) is 59.5 Å². The van der Waals surface area contributed by atoms with Crippen molar-refractivity contribution >= 4 is 22.5 Å². The summed E-state index contributed by atoms with van der Waals surface area (Å²) in [7, 11) is -1.49. The van der Waals surface area contributed by atoms with Crippen molar-refractivity contribution in [1.29, 1.82) is 0 Å². The summed E-state index contributed by atoms with van der Waals surface area (Å²) in [6.07, 6.45) is 1.54. The third-order valence-corrected chi connectivity index (χ3v) is 7.71. The van der Waals surface area contributed by atoms with Crippen LogP contribution in [0.5, 0.6) is 11.5 Å². The summed E-state index contributed by atoms with van der Waals surface area (Å²) >= 11 is 0. The normalized spacial score (nSPS) is 16.4. The molecule has 0 radical (unpaired) electrons. The highest BCUT2D eigenvalue weighted by Gasteiger charge is 2.51. The number of aromatic nitrogens is 1. The van der Waals surface area contributed by atoms with E-state index in [1.54, 1.807) is 18.2 Å². The molecule has 8 nitrogen and oxygen atoms in total. The number of benzene rings is 2. The summed E-state index contributed by atoms with van der Waals surface area (Å²) in [4.78, 5) is 18.2.